The second kappa shape index (κ2) is 11.4. The molecule has 0 aromatic heterocycles. The van der Waals surface area contributed by atoms with Crippen molar-refractivity contribution in [3.63, 3.8) is 0 Å². The number of ether oxygens (including phenoxy) is 2. The molecule has 0 radical (unpaired) electrons. The highest BCUT2D eigenvalue weighted by Crippen LogP contribution is 2.15. The minimum absolute atomic E-state index is 0.0206. The van der Waals surface area contributed by atoms with Gasteiger partial charge in [-0.1, -0.05) is 49.4 Å². The Hall–Kier alpha value is -2.37. The van der Waals surface area contributed by atoms with Crippen LogP contribution in [0.25, 0.3) is 0 Å². The minimum atomic E-state index is -0.729. The van der Waals surface area contributed by atoms with Crippen LogP contribution in [0, 0.1) is 0 Å². The zero-order valence-electron chi connectivity index (χ0n) is 16.1. The van der Waals surface area contributed by atoms with E-state index in [1.165, 1.54) is 5.56 Å². The molecule has 0 saturated heterocycles. The van der Waals surface area contributed by atoms with Crippen LogP contribution in [-0.4, -0.2) is 42.3 Å². The third-order valence-corrected chi connectivity index (χ3v) is 4.17. The van der Waals surface area contributed by atoms with Crippen LogP contribution in [0.15, 0.2) is 54.6 Å². The van der Waals surface area contributed by atoms with Gasteiger partial charge in [-0.05, 0) is 29.7 Å². The van der Waals surface area contributed by atoms with Gasteiger partial charge in [0.05, 0.1) is 7.11 Å². The molecule has 0 aliphatic rings. The van der Waals surface area contributed by atoms with Gasteiger partial charge < -0.3 is 14.6 Å². The second-order valence-corrected chi connectivity index (χ2v) is 6.59. The maximum absolute atomic E-state index is 11.5. The molecule has 0 saturated carbocycles. The molecule has 0 spiro atoms. The molecule has 0 bridgehead atoms. The average molecular weight is 371 g/mol. The largest absolute Gasteiger partial charge is 0.497 e. The number of nitrogens with zero attached hydrogens (tertiary/aromatic N) is 1. The van der Waals surface area contributed by atoms with Crippen LogP contribution in [0.2, 0.25) is 0 Å². The van der Waals surface area contributed by atoms with Crippen molar-refractivity contribution in [2.45, 2.75) is 39.0 Å². The summed E-state index contributed by atoms with van der Waals surface area (Å²) in [7, 11) is 1.65. The van der Waals surface area contributed by atoms with Crippen molar-refractivity contribution in [2.24, 2.45) is 0 Å². The fourth-order valence-electron chi connectivity index (χ4n) is 2.83. The van der Waals surface area contributed by atoms with Crippen LogP contribution >= 0.6 is 0 Å². The molecule has 0 aliphatic heterocycles. The van der Waals surface area contributed by atoms with Crippen molar-refractivity contribution in [3.8, 4) is 5.75 Å². The monoisotopic (exact) mass is 371 g/mol. The van der Waals surface area contributed by atoms with Crippen LogP contribution in [-0.2, 0) is 22.6 Å². The molecule has 0 aliphatic carbocycles. The van der Waals surface area contributed by atoms with E-state index in [1.807, 2.05) is 49.4 Å². The summed E-state index contributed by atoms with van der Waals surface area (Å²) < 4.78 is 10.4. The first-order valence-corrected chi connectivity index (χ1v) is 9.33. The van der Waals surface area contributed by atoms with Gasteiger partial charge in [-0.3, -0.25) is 9.69 Å². The van der Waals surface area contributed by atoms with E-state index >= 15 is 0 Å². The molecule has 5 nitrogen and oxygen atoms in total. The van der Waals surface area contributed by atoms with E-state index in [1.54, 1.807) is 7.11 Å². The molecule has 0 heterocycles. The molecule has 2 aromatic carbocycles. The lowest BCUT2D eigenvalue weighted by Crippen LogP contribution is -2.34. The molecule has 2 rings (SSSR count). The van der Waals surface area contributed by atoms with Gasteiger partial charge in [-0.15, -0.1) is 0 Å². The van der Waals surface area contributed by atoms with Gasteiger partial charge in [-0.25, -0.2) is 0 Å². The standard InChI is InChI=1S/C22H29NO4/c1-3-7-22(25)27-17-20(24)16-23(14-18-8-5-4-6-9-18)15-19-10-12-21(26-2)13-11-19/h4-6,8-13,20,24H,3,7,14-17H2,1-2H3/t20-/m0/s1. The first-order valence-electron chi connectivity index (χ1n) is 9.33. The van der Waals surface area contributed by atoms with Crippen LogP contribution < -0.4 is 4.74 Å². The second-order valence-electron chi connectivity index (χ2n) is 6.59. The van der Waals surface area contributed by atoms with Crippen LogP contribution in [0.4, 0.5) is 0 Å². The summed E-state index contributed by atoms with van der Waals surface area (Å²) in [4.78, 5) is 13.7. The Morgan fingerprint density at radius 3 is 2.26 bits per heavy atom. The van der Waals surface area contributed by atoms with E-state index < -0.39 is 6.10 Å². The van der Waals surface area contributed by atoms with Gasteiger partial charge in [0.2, 0.25) is 0 Å². The Labute approximate surface area is 161 Å². The number of rotatable bonds is 11. The van der Waals surface area contributed by atoms with E-state index in [9.17, 15) is 9.90 Å². The van der Waals surface area contributed by atoms with E-state index in [0.717, 1.165) is 17.7 Å². The predicted octanol–water partition coefficient (Wildman–Crippen LogP) is 3.40. The molecular formula is C22H29NO4. The summed E-state index contributed by atoms with van der Waals surface area (Å²) in [5.41, 5.74) is 2.29. The molecule has 0 fully saturated rings. The van der Waals surface area contributed by atoms with Crippen molar-refractivity contribution in [1.82, 2.24) is 4.90 Å². The SMILES string of the molecule is CCCC(=O)OC[C@@H](O)CN(Cc1ccccc1)Cc1ccc(OC)cc1. The normalized spacial score (nSPS) is 12.0. The number of methoxy groups -OCH3 is 1. The Kier molecular flexibility index (Phi) is 8.81. The topological polar surface area (TPSA) is 59.0 Å². The zero-order chi connectivity index (χ0) is 19.5. The molecule has 0 amide bonds. The zero-order valence-corrected chi connectivity index (χ0v) is 16.1. The van der Waals surface area contributed by atoms with E-state index in [0.29, 0.717) is 26.1 Å². The van der Waals surface area contributed by atoms with Gasteiger partial charge in [0.1, 0.15) is 18.5 Å². The highest BCUT2D eigenvalue weighted by Gasteiger charge is 2.15. The maximum Gasteiger partial charge on any atom is 0.305 e. The Bertz CT molecular complexity index is 672. The number of carbonyl (C=O) groups is 1. The van der Waals surface area contributed by atoms with E-state index in [-0.39, 0.29) is 12.6 Å². The summed E-state index contributed by atoms with van der Waals surface area (Å²) >= 11 is 0. The van der Waals surface area contributed by atoms with Crippen molar-refractivity contribution in [2.75, 3.05) is 20.3 Å². The lowest BCUT2D eigenvalue weighted by Gasteiger charge is -2.25. The fourth-order valence-corrected chi connectivity index (χ4v) is 2.83. The molecule has 5 heteroatoms. The van der Waals surface area contributed by atoms with Crippen molar-refractivity contribution in [3.05, 3.63) is 65.7 Å². The highest BCUT2D eigenvalue weighted by atomic mass is 16.5. The van der Waals surface area contributed by atoms with Gasteiger partial charge in [-0.2, -0.15) is 0 Å². The molecular weight excluding hydrogens is 342 g/mol. The number of hydrogen-bond acceptors (Lipinski definition) is 5. The van der Waals surface area contributed by atoms with Crippen LogP contribution in [0.1, 0.15) is 30.9 Å². The summed E-state index contributed by atoms with van der Waals surface area (Å²) in [6, 6.07) is 18.0. The summed E-state index contributed by atoms with van der Waals surface area (Å²) in [6.07, 6.45) is 0.395. The van der Waals surface area contributed by atoms with Crippen LogP contribution in [0.3, 0.4) is 0 Å². The Morgan fingerprint density at radius 1 is 1.04 bits per heavy atom. The minimum Gasteiger partial charge on any atom is -0.497 e. The lowest BCUT2D eigenvalue weighted by molar-refractivity contribution is -0.147. The number of esters is 1. The smallest absolute Gasteiger partial charge is 0.305 e. The number of carbonyl (C=O) groups excluding carboxylic acids is 1. The van der Waals surface area contributed by atoms with Crippen molar-refractivity contribution < 1.29 is 19.4 Å². The molecule has 1 atom stereocenters. The summed E-state index contributed by atoms with van der Waals surface area (Å²) in [6.45, 7) is 3.74. The maximum atomic E-state index is 11.5. The molecule has 1 N–H and O–H groups in total. The highest BCUT2D eigenvalue weighted by molar-refractivity contribution is 5.69. The molecule has 2 aromatic rings. The lowest BCUT2D eigenvalue weighted by atomic mass is 10.1. The molecule has 146 valence electrons. The van der Waals surface area contributed by atoms with Crippen molar-refractivity contribution in [1.29, 1.82) is 0 Å². The van der Waals surface area contributed by atoms with Crippen LogP contribution in [0.5, 0.6) is 5.75 Å². The third-order valence-electron chi connectivity index (χ3n) is 4.17. The van der Waals surface area contributed by atoms with Gasteiger partial charge in [0.15, 0.2) is 0 Å². The Balaban J connectivity index is 1.98. The first-order chi connectivity index (χ1) is 13.1. The van der Waals surface area contributed by atoms with Crippen molar-refractivity contribution >= 4 is 5.97 Å². The summed E-state index contributed by atoms with van der Waals surface area (Å²) in [5, 5.41) is 10.3. The third kappa shape index (κ3) is 7.81. The predicted molar refractivity (Wildman–Crippen MR) is 105 cm³/mol. The quantitative estimate of drug-likeness (QED) is 0.614. The number of benzene rings is 2. The van der Waals surface area contributed by atoms with E-state index in [4.69, 9.17) is 9.47 Å². The Morgan fingerprint density at radius 2 is 1.67 bits per heavy atom. The van der Waals surface area contributed by atoms with Gasteiger partial charge in [0.25, 0.3) is 0 Å². The van der Waals surface area contributed by atoms with Gasteiger partial charge in [0, 0.05) is 26.1 Å². The molecule has 0 unspecified atom stereocenters. The number of aliphatic hydroxyl groups is 1. The fraction of sp³-hybridized carbons (Fsp3) is 0.409. The average Bonchev–Trinajstić information content (AvgIpc) is 2.68. The first kappa shape index (κ1) is 20.9. The molecule has 27 heavy (non-hydrogen) atoms. The van der Waals surface area contributed by atoms with Gasteiger partial charge >= 0.3 is 5.97 Å². The number of hydrogen-bond donors (Lipinski definition) is 1. The van der Waals surface area contributed by atoms with E-state index in [2.05, 4.69) is 17.0 Å². The summed E-state index contributed by atoms with van der Waals surface area (Å²) in [5.74, 6) is 0.553. The number of aliphatic hydroxyl groups excluding tert-OH is 1.